The second kappa shape index (κ2) is 41.6. The molecule has 0 aromatic carbocycles. The van der Waals surface area contributed by atoms with Crippen LogP contribution in [0.1, 0.15) is 245 Å². The summed E-state index contributed by atoms with van der Waals surface area (Å²) >= 11 is 0. The lowest BCUT2D eigenvalue weighted by atomic mass is 9.99. The fraction of sp³-hybridized carbons (Fsp3) is 0.941. The highest BCUT2D eigenvalue weighted by Crippen LogP contribution is 2.23. The third kappa shape index (κ3) is 31.4. The number of carbonyl (C=O) groups excluding carboxylic acids is 1. The summed E-state index contributed by atoms with van der Waals surface area (Å²) in [5.41, 5.74) is 0. The van der Waals surface area contributed by atoms with Gasteiger partial charge in [-0.25, -0.2) is 0 Å². The van der Waals surface area contributed by atoms with Gasteiger partial charge in [-0.2, -0.15) is 0 Å². The summed E-state index contributed by atoms with van der Waals surface area (Å²) in [5, 5.41) is 65.0. The van der Waals surface area contributed by atoms with Crippen LogP contribution in [-0.2, 0) is 14.3 Å². The van der Waals surface area contributed by atoms with E-state index in [9.17, 15) is 35.4 Å². The summed E-state index contributed by atoms with van der Waals surface area (Å²) in [6, 6.07) is -0.894. The number of nitrogens with one attached hydrogen (secondary N) is 1. The highest BCUT2D eigenvalue weighted by atomic mass is 16.7. The number of aliphatic hydroxyl groups is 6. The van der Waals surface area contributed by atoms with Crippen LogP contribution in [0.4, 0.5) is 0 Å². The molecule has 1 amide bonds. The van der Waals surface area contributed by atoms with Gasteiger partial charge in [-0.15, -0.1) is 0 Å². The quantitative estimate of drug-likeness (QED) is 0.0233. The predicted octanol–water partition coefficient (Wildman–Crippen LogP) is 10.6. The molecule has 0 aliphatic carbocycles. The predicted molar refractivity (Wildman–Crippen MR) is 250 cm³/mol. The van der Waals surface area contributed by atoms with Crippen molar-refractivity contribution in [3.8, 4) is 0 Å². The molecule has 0 radical (unpaired) electrons. The van der Waals surface area contributed by atoms with E-state index in [2.05, 4.69) is 31.3 Å². The maximum absolute atomic E-state index is 13.1. The fourth-order valence-electron chi connectivity index (χ4n) is 8.46. The minimum Gasteiger partial charge on any atom is -0.394 e. The smallest absolute Gasteiger partial charge is 0.249 e. The van der Waals surface area contributed by atoms with E-state index in [4.69, 9.17) is 9.47 Å². The lowest BCUT2D eigenvalue weighted by Crippen LogP contribution is -2.60. The lowest BCUT2D eigenvalue weighted by molar-refractivity contribution is -0.302. The van der Waals surface area contributed by atoms with Crippen molar-refractivity contribution < 1.29 is 44.9 Å². The SMILES string of the molecule is CCCCCCCCCCCC/C=C\CCCCCCCCC(O)C(=O)NC(COC1OC(CO)C(O)C(O)C1O)C(O)CCCCCCCCCCCCCCCCCC. The van der Waals surface area contributed by atoms with Crippen molar-refractivity contribution in [1.29, 1.82) is 0 Å². The Morgan fingerprint density at radius 3 is 1.33 bits per heavy atom. The van der Waals surface area contributed by atoms with Gasteiger partial charge in [-0.1, -0.05) is 219 Å². The van der Waals surface area contributed by atoms with E-state index in [0.29, 0.717) is 12.8 Å². The third-order valence-electron chi connectivity index (χ3n) is 12.7. The van der Waals surface area contributed by atoms with Crippen molar-refractivity contribution in [1.82, 2.24) is 5.32 Å². The topological polar surface area (TPSA) is 169 Å². The minimum atomic E-state index is -1.60. The summed E-state index contributed by atoms with van der Waals surface area (Å²) in [4.78, 5) is 13.1. The Kier molecular flexibility index (Phi) is 39.5. The largest absolute Gasteiger partial charge is 0.394 e. The summed E-state index contributed by atoms with van der Waals surface area (Å²) in [7, 11) is 0. The number of hydrogen-bond acceptors (Lipinski definition) is 9. The van der Waals surface area contributed by atoms with Crippen molar-refractivity contribution in [2.24, 2.45) is 0 Å². The molecule has 1 heterocycles. The van der Waals surface area contributed by atoms with Crippen LogP contribution < -0.4 is 5.32 Å². The Balaban J connectivity index is 2.32. The number of ether oxygens (including phenoxy) is 2. The maximum Gasteiger partial charge on any atom is 0.249 e. The highest BCUT2D eigenvalue weighted by Gasteiger charge is 2.44. The van der Waals surface area contributed by atoms with Gasteiger partial charge in [0, 0.05) is 0 Å². The normalized spacial score (nSPS) is 21.0. The van der Waals surface area contributed by atoms with Gasteiger partial charge in [0.25, 0.3) is 0 Å². The molecule has 1 aliphatic heterocycles. The van der Waals surface area contributed by atoms with E-state index in [0.717, 1.165) is 57.8 Å². The molecule has 0 saturated carbocycles. The van der Waals surface area contributed by atoms with Gasteiger partial charge in [0.15, 0.2) is 6.29 Å². The molecule has 1 fully saturated rings. The van der Waals surface area contributed by atoms with E-state index in [1.54, 1.807) is 0 Å². The molecule has 61 heavy (non-hydrogen) atoms. The molecule has 362 valence electrons. The standard InChI is InChI=1S/C51H99NO9/c1-3-5-7-9-11-13-15-17-19-21-22-23-24-26-28-30-32-34-36-38-40-45(55)50(59)52-43(42-60-51-49(58)48(57)47(56)46(41-53)61-51)44(54)39-37-35-33-31-29-27-25-20-18-16-14-12-10-8-6-4-2/h23-24,43-49,51,53-58H,3-22,25-42H2,1-2H3,(H,52,59)/b24-23-. The van der Waals surface area contributed by atoms with E-state index >= 15 is 0 Å². The van der Waals surface area contributed by atoms with Gasteiger partial charge in [-0.3, -0.25) is 4.79 Å². The molecule has 10 nitrogen and oxygen atoms in total. The molecule has 0 aromatic rings. The van der Waals surface area contributed by atoms with Gasteiger partial charge < -0.3 is 45.4 Å². The van der Waals surface area contributed by atoms with E-state index in [-0.39, 0.29) is 6.61 Å². The Hall–Kier alpha value is -1.11. The van der Waals surface area contributed by atoms with Crippen LogP contribution in [0.3, 0.4) is 0 Å². The molecule has 7 N–H and O–H groups in total. The first-order valence-corrected chi connectivity index (χ1v) is 26.0. The van der Waals surface area contributed by atoms with Crippen molar-refractivity contribution >= 4 is 5.91 Å². The van der Waals surface area contributed by atoms with Crippen LogP contribution in [-0.4, -0.2) is 98.7 Å². The first kappa shape index (κ1) is 57.9. The van der Waals surface area contributed by atoms with Crippen LogP contribution in [0, 0.1) is 0 Å². The maximum atomic E-state index is 13.1. The fourth-order valence-corrected chi connectivity index (χ4v) is 8.46. The zero-order chi connectivity index (χ0) is 44.6. The van der Waals surface area contributed by atoms with Crippen LogP contribution in [0.2, 0.25) is 0 Å². The van der Waals surface area contributed by atoms with Crippen molar-refractivity contribution in [2.45, 2.75) is 294 Å². The molecule has 1 aliphatic rings. The summed E-state index contributed by atoms with van der Waals surface area (Å²) in [6.07, 6.45) is 38.3. The molecule has 8 atom stereocenters. The van der Waals surface area contributed by atoms with Crippen molar-refractivity contribution in [3.63, 3.8) is 0 Å². The second-order valence-corrected chi connectivity index (χ2v) is 18.5. The first-order chi connectivity index (χ1) is 29.8. The first-order valence-electron chi connectivity index (χ1n) is 26.0. The molecule has 0 aromatic heterocycles. The number of unbranched alkanes of at least 4 members (excludes halogenated alkanes) is 31. The summed E-state index contributed by atoms with van der Waals surface area (Å²) in [6.45, 7) is 3.69. The van der Waals surface area contributed by atoms with Crippen LogP contribution >= 0.6 is 0 Å². The Morgan fingerprint density at radius 1 is 0.541 bits per heavy atom. The average Bonchev–Trinajstić information content (AvgIpc) is 3.26. The molecular formula is C51H99NO9. The van der Waals surface area contributed by atoms with Crippen LogP contribution in [0.25, 0.3) is 0 Å². The van der Waals surface area contributed by atoms with Gasteiger partial charge in [0.1, 0.15) is 30.5 Å². The number of aliphatic hydroxyl groups excluding tert-OH is 6. The average molecular weight is 870 g/mol. The Labute approximate surface area is 374 Å². The molecule has 1 rings (SSSR count). The Morgan fingerprint density at radius 2 is 0.918 bits per heavy atom. The Bertz CT molecular complexity index is 984. The van der Waals surface area contributed by atoms with E-state index < -0.39 is 61.5 Å². The number of allylic oxidation sites excluding steroid dienone is 2. The number of carbonyl (C=O) groups is 1. The van der Waals surface area contributed by atoms with Crippen molar-refractivity contribution in [2.75, 3.05) is 13.2 Å². The van der Waals surface area contributed by atoms with E-state index in [1.807, 2.05) is 0 Å². The minimum absolute atomic E-state index is 0.254. The molecule has 1 saturated heterocycles. The molecule has 8 unspecified atom stereocenters. The molecular weight excluding hydrogens is 771 g/mol. The van der Waals surface area contributed by atoms with Crippen LogP contribution in [0.5, 0.6) is 0 Å². The van der Waals surface area contributed by atoms with Gasteiger partial charge in [0.05, 0.1) is 25.4 Å². The number of amides is 1. The van der Waals surface area contributed by atoms with Crippen molar-refractivity contribution in [3.05, 3.63) is 12.2 Å². The monoisotopic (exact) mass is 870 g/mol. The lowest BCUT2D eigenvalue weighted by Gasteiger charge is -2.40. The highest BCUT2D eigenvalue weighted by molar-refractivity contribution is 5.80. The molecule has 0 bridgehead atoms. The molecule has 0 spiro atoms. The zero-order valence-corrected chi connectivity index (χ0v) is 39.6. The number of rotatable bonds is 44. The summed E-state index contributed by atoms with van der Waals surface area (Å²) < 4.78 is 11.2. The van der Waals surface area contributed by atoms with E-state index in [1.165, 1.54) is 161 Å². The van der Waals surface area contributed by atoms with Gasteiger partial charge in [-0.05, 0) is 38.5 Å². The van der Waals surface area contributed by atoms with Gasteiger partial charge in [0.2, 0.25) is 5.91 Å². The van der Waals surface area contributed by atoms with Gasteiger partial charge >= 0.3 is 0 Å². The van der Waals surface area contributed by atoms with Crippen LogP contribution in [0.15, 0.2) is 12.2 Å². The second-order valence-electron chi connectivity index (χ2n) is 18.5. The number of hydrogen-bond donors (Lipinski definition) is 7. The third-order valence-corrected chi connectivity index (χ3v) is 12.7. The zero-order valence-electron chi connectivity index (χ0n) is 39.6. The molecule has 10 heteroatoms. The summed E-state index contributed by atoms with van der Waals surface area (Å²) in [5.74, 6) is -0.585.